The minimum absolute atomic E-state index is 0.0968. The maximum absolute atomic E-state index is 13.0. The molecule has 0 spiro atoms. The lowest BCUT2D eigenvalue weighted by atomic mass is 10.0. The number of nitrogens with zero attached hydrogens (tertiary/aromatic N) is 1. The first-order valence-electron chi connectivity index (χ1n) is 10.1. The summed E-state index contributed by atoms with van der Waals surface area (Å²) in [6.45, 7) is 1.89. The summed E-state index contributed by atoms with van der Waals surface area (Å²) < 4.78 is 10.8. The molecule has 5 nitrogen and oxygen atoms in total. The average molecular weight is 467 g/mol. The molecule has 1 unspecified atom stereocenters. The highest BCUT2D eigenvalue weighted by Gasteiger charge is 2.28. The van der Waals surface area contributed by atoms with Crippen LogP contribution in [0.15, 0.2) is 70.6 Å². The van der Waals surface area contributed by atoms with Crippen molar-refractivity contribution in [2.45, 2.75) is 23.5 Å². The third-order valence-corrected chi connectivity index (χ3v) is 6.96. The van der Waals surface area contributed by atoms with Gasteiger partial charge in [-0.3, -0.25) is 9.79 Å². The second-order valence-electron chi connectivity index (χ2n) is 7.31. The lowest BCUT2D eigenvalue weighted by Gasteiger charge is -2.25. The molecule has 32 heavy (non-hydrogen) atoms. The number of carbonyl (C=O) groups excluding carboxylic acids is 1. The number of rotatable bonds is 6. The van der Waals surface area contributed by atoms with E-state index in [0.717, 1.165) is 27.4 Å². The van der Waals surface area contributed by atoms with Gasteiger partial charge in [-0.2, -0.15) is 0 Å². The van der Waals surface area contributed by atoms with Crippen molar-refractivity contribution in [1.29, 1.82) is 0 Å². The predicted molar refractivity (Wildman–Crippen MR) is 131 cm³/mol. The summed E-state index contributed by atoms with van der Waals surface area (Å²) in [6, 6.07) is 19.1. The van der Waals surface area contributed by atoms with Gasteiger partial charge in [0.2, 0.25) is 5.91 Å². The number of nitrogens with one attached hydrogen (secondary N) is 1. The number of aliphatic imine (C=N–C) groups is 1. The van der Waals surface area contributed by atoms with Crippen LogP contribution in [-0.2, 0) is 4.79 Å². The summed E-state index contributed by atoms with van der Waals surface area (Å²) >= 11 is 7.85. The number of halogens is 1. The van der Waals surface area contributed by atoms with Crippen molar-refractivity contribution in [2.24, 2.45) is 4.99 Å². The lowest BCUT2D eigenvalue weighted by molar-refractivity contribution is -0.116. The van der Waals surface area contributed by atoms with Gasteiger partial charge in [0.05, 0.1) is 30.9 Å². The van der Waals surface area contributed by atoms with Crippen LogP contribution in [0.3, 0.4) is 0 Å². The number of benzene rings is 3. The van der Waals surface area contributed by atoms with Gasteiger partial charge in [-0.15, -0.1) is 11.8 Å². The van der Waals surface area contributed by atoms with Crippen LogP contribution in [0, 0.1) is 6.92 Å². The Kier molecular flexibility index (Phi) is 6.72. The molecule has 1 N–H and O–H groups in total. The van der Waals surface area contributed by atoms with Gasteiger partial charge in [0.15, 0.2) is 11.5 Å². The number of fused-ring (bicyclic) bond motifs is 1. The van der Waals surface area contributed by atoms with Crippen molar-refractivity contribution >= 4 is 46.4 Å². The second-order valence-corrected chi connectivity index (χ2v) is 8.96. The third-order valence-electron chi connectivity index (χ3n) is 5.27. The van der Waals surface area contributed by atoms with E-state index in [9.17, 15) is 4.79 Å². The third kappa shape index (κ3) is 4.61. The van der Waals surface area contributed by atoms with Crippen LogP contribution in [0.1, 0.15) is 17.5 Å². The molecule has 3 aromatic rings. The van der Waals surface area contributed by atoms with E-state index in [1.165, 1.54) is 0 Å². The Bertz CT molecular complexity index is 1200. The summed E-state index contributed by atoms with van der Waals surface area (Å²) in [5.74, 6) is 1.17. The topological polar surface area (TPSA) is 59.9 Å². The molecule has 1 atom stereocenters. The normalized spacial score (nSPS) is 14.9. The summed E-state index contributed by atoms with van der Waals surface area (Å²) in [5, 5.41) is 3.46. The maximum Gasteiger partial charge on any atom is 0.225 e. The van der Waals surface area contributed by atoms with Crippen LogP contribution < -0.4 is 14.8 Å². The zero-order valence-electron chi connectivity index (χ0n) is 18.0. The SMILES string of the molecule is COc1ccc(C2=Nc3ccccc3SC2CC(=O)Nc2cccc(Cl)c2C)cc1OC. The molecule has 1 heterocycles. The van der Waals surface area contributed by atoms with E-state index in [2.05, 4.69) is 5.32 Å². The Morgan fingerprint density at radius 1 is 1.06 bits per heavy atom. The Hall–Kier alpha value is -2.96. The fourth-order valence-electron chi connectivity index (χ4n) is 3.56. The van der Waals surface area contributed by atoms with E-state index in [4.69, 9.17) is 26.1 Å². The molecule has 3 aromatic carbocycles. The molecular weight excluding hydrogens is 444 g/mol. The number of ether oxygens (including phenoxy) is 2. The fraction of sp³-hybridized carbons (Fsp3) is 0.200. The van der Waals surface area contributed by atoms with Crippen LogP contribution in [0.2, 0.25) is 5.02 Å². The smallest absolute Gasteiger partial charge is 0.225 e. The number of thioether (sulfide) groups is 1. The van der Waals surface area contributed by atoms with Crippen LogP contribution in [0.5, 0.6) is 11.5 Å². The molecule has 7 heteroatoms. The average Bonchev–Trinajstić information content (AvgIpc) is 2.81. The predicted octanol–water partition coefficient (Wildman–Crippen LogP) is 6.29. The zero-order valence-corrected chi connectivity index (χ0v) is 19.6. The highest BCUT2D eigenvalue weighted by molar-refractivity contribution is 8.01. The van der Waals surface area contributed by atoms with Crippen LogP contribution in [0.4, 0.5) is 11.4 Å². The van der Waals surface area contributed by atoms with Crippen molar-refractivity contribution in [1.82, 2.24) is 0 Å². The van der Waals surface area contributed by atoms with Crippen molar-refractivity contribution in [3.05, 3.63) is 76.8 Å². The van der Waals surface area contributed by atoms with E-state index in [1.807, 2.05) is 67.6 Å². The molecule has 1 aliphatic heterocycles. The number of methoxy groups -OCH3 is 2. The van der Waals surface area contributed by atoms with Gasteiger partial charge < -0.3 is 14.8 Å². The van der Waals surface area contributed by atoms with Gasteiger partial charge in [-0.05, 0) is 55.0 Å². The Morgan fingerprint density at radius 3 is 2.62 bits per heavy atom. The van der Waals surface area contributed by atoms with E-state index in [1.54, 1.807) is 26.0 Å². The first kappa shape index (κ1) is 22.2. The molecule has 0 aromatic heterocycles. The number of para-hydroxylation sites is 1. The second kappa shape index (κ2) is 9.67. The molecular formula is C25H23ClN2O3S. The summed E-state index contributed by atoms with van der Waals surface area (Å²) in [6.07, 6.45) is 0.262. The van der Waals surface area contributed by atoms with E-state index >= 15 is 0 Å². The van der Waals surface area contributed by atoms with Gasteiger partial charge in [0, 0.05) is 27.6 Å². The summed E-state index contributed by atoms with van der Waals surface area (Å²) in [5.41, 5.74) is 4.17. The molecule has 4 rings (SSSR count). The van der Waals surface area contributed by atoms with Gasteiger partial charge in [0.1, 0.15) is 0 Å². The van der Waals surface area contributed by atoms with Gasteiger partial charge in [-0.25, -0.2) is 0 Å². The highest BCUT2D eigenvalue weighted by Crippen LogP contribution is 2.41. The van der Waals surface area contributed by atoms with Crippen molar-refractivity contribution in [3.8, 4) is 11.5 Å². The molecule has 0 saturated carbocycles. The largest absolute Gasteiger partial charge is 0.493 e. The van der Waals surface area contributed by atoms with E-state index in [-0.39, 0.29) is 17.6 Å². The standard InChI is InChI=1S/C25H23ClN2O3S/c1-15-17(26)7-6-9-18(15)27-24(29)14-23-25(28-19-8-4-5-10-22(19)32-23)16-11-12-20(30-2)21(13-16)31-3/h4-13,23H,14H2,1-3H3,(H,27,29). The molecule has 0 saturated heterocycles. The number of hydrogen-bond donors (Lipinski definition) is 1. The van der Waals surface area contributed by atoms with Crippen molar-refractivity contribution < 1.29 is 14.3 Å². The summed E-state index contributed by atoms with van der Waals surface area (Å²) in [4.78, 5) is 19.0. The molecule has 1 amide bonds. The Labute approximate surface area is 196 Å². The van der Waals surface area contributed by atoms with Gasteiger partial charge in [-0.1, -0.05) is 29.8 Å². The molecule has 0 bridgehead atoms. The Morgan fingerprint density at radius 2 is 1.84 bits per heavy atom. The first-order valence-corrected chi connectivity index (χ1v) is 11.4. The number of hydrogen-bond acceptors (Lipinski definition) is 5. The quantitative estimate of drug-likeness (QED) is 0.463. The first-order chi connectivity index (χ1) is 15.5. The molecule has 164 valence electrons. The minimum Gasteiger partial charge on any atom is -0.493 e. The lowest BCUT2D eigenvalue weighted by Crippen LogP contribution is -2.27. The zero-order chi connectivity index (χ0) is 22.7. The monoisotopic (exact) mass is 466 g/mol. The van der Waals surface area contributed by atoms with Crippen LogP contribution >= 0.6 is 23.4 Å². The van der Waals surface area contributed by atoms with Crippen molar-refractivity contribution in [3.63, 3.8) is 0 Å². The number of anilines is 1. The highest BCUT2D eigenvalue weighted by atomic mass is 35.5. The molecule has 0 fully saturated rings. The van der Waals surface area contributed by atoms with Gasteiger partial charge in [0.25, 0.3) is 0 Å². The van der Waals surface area contributed by atoms with Crippen LogP contribution in [0.25, 0.3) is 0 Å². The van der Waals surface area contributed by atoms with E-state index in [0.29, 0.717) is 22.2 Å². The van der Waals surface area contributed by atoms with Crippen LogP contribution in [-0.4, -0.2) is 31.1 Å². The minimum atomic E-state index is -0.164. The fourth-order valence-corrected chi connectivity index (χ4v) is 4.96. The number of carbonyl (C=O) groups is 1. The molecule has 0 aliphatic carbocycles. The maximum atomic E-state index is 13.0. The summed E-state index contributed by atoms with van der Waals surface area (Å²) in [7, 11) is 3.21. The molecule has 1 aliphatic rings. The molecule has 0 radical (unpaired) electrons. The van der Waals surface area contributed by atoms with Gasteiger partial charge >= 0.3 is 0 Å². The Balaban J connectivity index is 1.65. The number of amides is 1. The van der Waals surface area contributed by atoms with Crippen molar-refractivity contribution in [2.75, 3.05) is 19.5 Å². The van der Waals surface area contributed by atoms with E-state index < -0.39 is 0 Å².